The number of H-pyrrole nitrogens is 1. The predicted molar refractivity (Wildman–Crippen MR) is 91.1 cm³/mol. The first-order valence-electron chi connectivity index (χ1n) is 8.26. The Morgan fingerprint density at radius 3 is 2.83 bits per heavy atom. The third-order valence-corrected chi connectivity index (χ3v) is 4.49. The van der Waals surface area contributed by atoms with Gasteiger partial charge in [-0.15, -0.1) is 5.10 Å². The second-order valence-corrected chi connectivity index (χ2v) is 6.19. The third kappa shape index (κ3) is 3.02. The number of fused-ring (bicyclic) bond motifs is 1. The number of rotatable bonds is 4. The zero-order valence-electron chi connectivity index (χ0n) is 13.6. The zero-order valence-corrected chi connectivity index (χ0v) is 13.6. The second kappa shape index (κ2) is 6.43. The maximum atomic E-state index is 5.78. The van der Waals surface area contributed by atoms with E-state index in [-0.39, 0.29) is 0 Å². The fourth-order valence-electron chi connectivity index (χ4n) is 3.09. The first-order chi connectivity index (χ1) is 11.8. The summed E-state index contributed by atoms with van der Waals surface area (Å²) >= 11 is 0. The van der Waals surface area contributed by atoms with E-state index in [4.69, 9.17) is 4.74 Å². The molecule has 3 aromatic heterocycles. The minimum Gasteiger partial charge on any atom is -0.476 e. The number of anilines is 1. The molecule has 0 radical (unpaired) electrons. The highest BCUT2D eigenvalue weighted by Gasteiger charge is 2.22. The normalized spacial score (nSPS) is 15.8. The van der Waals surface area contributed by atoms with Crippen LogP contribution in [-0.4, -0.2) is 44.8 Å². The predicted octanol–water partition coefficient (Wildman–Crippen LogP) is 2.35. The zero-order chi connectivity index (χ0) is 16.4. The Balaban J connectivity index is 1.35. The van der Waals surface area contributed by atoms with E-state index >= 15 is 0 Å². The van der Waals surface area contributed by atoms with Gasteiger partial charge in [0, 0.05) is 25.4 Å². The van der Waals surface area contributed by atoms with E-state index in [1.165, 1.54) is 0 Å². The van der Waals surface area contributed by atoms with Crippen molar-refractivity contribution in [2.24, 2.45) is 5.92 Å². The summed E-state index contributed by atoms with van der Waals surface area (Å²) in [6, 6.07) is 5.83. The van der Waals surface area contributed by atoms with Crippen LogP contribution in [0.3, 0.4) is 0 Å². The standard InChI is InChI=1S/C17H20N6O/c1-12-2-3-15(22-21-12)24-10-13-5-8-23(9-6-13)17-14-4-7-18-16(14)19-11-20-17/h2-4,7,11,13H,5-6,8-10H2,1H3,(H,18,19,20). The summed E-state index contributed by atoms with van der Waals surface area (Å²) in [4.78, 5) is 14.2. The lowest BCUT2D eigenvalue weighted by Gasteiger charge is -2.32. The molecule has 3 aromatic rings. The van der Waals surface area contributed by atoms with Gasteiger partial charge in [0.25, 0.3) is 0 Å². The van der Waals surface area contributed by atoms with Crippen molar-refractivity contribution in [3.63, 3.8) is 0 Å². The Bertz CT molecular complexity index is 807. The highest BCUT2D eigenvalue weighted by atomic mass is 16.5. The van der Waals surface area contributed by atoms with Gasteiger partial charge in [-0.05, 0) is 37.8 Å². The molecule has 4 heterocycles. The van der Waals surface area contributed by atoms with Crippen molar-refractivity contribution in [3.8, 4) is 5.88 Å². The van der Waals surface area contributed by atoms with Gasteiger partial charge in [-0.1, -0.05) is 0 Å². The van der Waals surface area contributed by atoms with Crippen LogP contribution in [0, 0.1) is 12.8 Å². The molecule has 0 bridgehead atoms. The van der Waals surface area contributed by atoms with Gasteiger partial charge in [0.15, 0.2) is 0 Å². The van der Waals surface area contributed by atoms with Crippen LogP contribution in [0.5, 0.6) is 5.88 Å². The van der Waals surface area contributed by atoms with Crippen LogP contribution in [-0.2, 0) is 0 Å². The van der Waals surface area contributed by atoms with Crippen LogP contribution in [0.15, 0.2) is 30.7 Å². The fraction of sp³-hybridized carbons (Fsp3) is 0.412. The van der Waals surface area contributed by atoms with Gasteiger partial charge >= 0.3 is 0 Å². The molecule has 1 fully saturated rings. The molecule has 7 heteroatoms. The molecule has 0 unspecified atom stereocenters. The summed E-state index contributed by atoms with van der Waals surface area (Å²) in [6.07, 6.45) is 5.69. The SMILES string of the molecule is Cc1ccc(OCC2CCN(c3ncnc4[nH]ccc34)CC2)nn1. The lowest BCUT2D eigenvalue weighted by Crippen LogP contribution is -2.36. The van der Waals surface area contributed by atoms with E-state index in [1.54, 1.807) is 6.33 Å². The van der Waals surface area contributed by atoms with Crippen LogP contribution in [0.25, 0.3) is 11.0 Å². The molecule has 0 amide bonds. The van der Waals surface area contributed by atoms with Gasteiger partial charge < -0.3 is 14.6 Å². The molecule has 1 N–H and O–H groups in total. The number of hydrogen-bond acceptors (Lipinski definition) is 6. The smallest absolute Gasteiger partial charge is 0.233 e. The van der Waals surface area contributed by atoms with Crippen molar-refractivity contribution < 1.29 is 4.74 Å². The molecule has 1 aliphatic rings. The molecule has 0 atom stereocenters. The first kappa shape index (κ1) is 14.9. The lowest BCUT2D eigenvalue weighted by molar-refractivity contribution is 0.214. The van der Waals surface area contributed by atoms with E-state index in [2.05, 4.69) is 30.0 Å². The molecule has 0 saturated carbocycles. The van der Waals surface area contributed by atoms with Crippen molar-refractivity contribution in [2.75, 3.05) is 24.6 Å². The second-order valence-electron chi connectivity index (χ2n) is 6.19. The number of aryl methyl sites for hydroxylation is 1. The summed E-state index contributed by atoms with van der Waals surface area (Å²) in [6.45, 7) is 4.56. The Morgan fingerprint density at radius 2 is 2.04 bits per heavy atom. The van der Waals surface area contributed by atoms with E-state index in [1.807, 2.05) is 31.3 Å². The van der Waals surface area contributed by atoms with Crippen LogP contribution in [0.1, 0.15) is 18.5 Å². The van der Waals surface area contributed by atoms with E-state index in [9.17, 15) is 0 Å². The van der Waals surface area contributed by atoms with Gasteiger partial charge in [-0.25, -0.2) is 9.97 Å². The molecular formula is C17H20N6O. The van der Waals surface area contributed by atoms with Gasteiger partial charge in [0.2, 0.25) is 5.88 Å². The highest BCUT2D eigenvalue weighted by molar-refractivity contribution is 5.87. The summed E-state index contributed by atoms with van der Waals surface area (Å²) in [5.41, 5.74) is 1.79. The topological polar surface area (TPSA) is 79.8 Å². The minimum atomic E-state index is 0.535. The first-order valence-corrected chi connectivity index (χ1v) is 8.26. The van der Waals surface area contributed by atoms with Gasteiger partial charge in [0.1, 0.15) is 17.8 Å². The quantitative estimate of drug-likeness (QED) is 0.793. The third-order valence-electron chi connectivity index (χ3n) is 4.49. The van der Waals surface area contributed by atoms with Gasteiger partial charge in [-0.3, -0.25) is 0 Å². The maximum Gasteiger partial charge on any atom is 0.233 e. The Kier molecular flexibility index (Phi) is 3.98. The molecule has 124 valence electrons. The average Bonchev–Trinajstić information content (AvgIpc) is 3.10. The number of ether oxygens (including phenoxy) is 1. The van der Waals surface area contributed by atoms with E-state index < -0.39 is 0 Å². The van der Waals surface area contributed by atoms with Gasteiger partial charge in [0.05, 0.1) is 17.7 Å². The van der Waals surface area contributed by atoms with Crippen molar-refractivity contribution in [1.82, 2.24) is 25.1 Å². The van der Waals surface area contributed by atoms with Crippen molar-refractivity contribution in [3.05, 3.63) is 36.4 Å². The summed E-state index contributed by atoms with van der Waals surface area (Å²) in [5, 5.41) is 9.15. The number of aromatic amines is 1. The fourth-order valence-corrected chi connectivity index (χ4v) is 3.09. The monoisotopic (exact) mass is 324 g/mol. The van der Waals surface area contributed by atoms with Crippen LogP contribution < -0.4 is 9.64 Å². The van der Waals surface area contributed by atoms with Gasteiger partial charge in [-0.2, -0.15) is 5.10 Å². The number of hydrogen-bond donors (Lipinski definition) is 1. The van der Waals surface area contributed by atoms with E-state index in [0.29, 0.717) is 18.4 Å². The minimum absolute atomic E-state index is 0.535. The largest absolute Gasteiger partial charge is 0.476 e. The molecule has 7 nitrogen and oxygen atoms in total. The molecular weight excluding hydrogens is 304 g/mol. The molecule has 24 heavy (non-hydrogen) atoms. The number of aromatic nitrogens is 5. The van der Waals surface area contributed by atoms with E-state index in [0.717, 1.165) is 48.5 Å². The summed E-state index contributed by atoms with van der Waals surface area (Å²) in [5.74, 6) is 2.16. The summed E-state index contributed by atoms with van der Waals surface area (Å²) in [7, 11) is 0. The molecule has 4 rings (SSSR count). The van der Waals surface area contributed by atoms with Crippen molar-refractivity contribution in [2.45, 2.75) is 19.8 Å². The molecule has 1 aliphatic heterocycles. The number of piperidine rings is 1. The Hall–Kier alpha value is -2.70. The van der Waals surface area contributed by atoms with Crippen LogP contribution in [0.4, 0.5) is 5.82 Å². The number of nitrogens with zero attached hydrogens (tertiary/aromatic N) is 5. The Labute approximate surface area is 140 Å². The van der Waals surface area contributed by atoms with Crippen LogP contribution in [0.2, 0.25) is 0 Å². The average molecular weight is 324 g/mol. The molecule has 1 saturated heterocycles. The highest BCUT2D eigenvalue weighted by Crippen LogP contribution is 2.27. The van der Waals surface area contributed by atoms with Crippen molar-refractivity contribution in [1.29, 1.82) is 0 Å². The summed E-state index contributed by atoms with van der Waals surface area (Å²) < 4.78 is 5.78. The van der Waals surface area contributed by atoms with Crippen molar-refractivity contribution >= 4 is 16.9 Å². The molecule has 0 aromatic carbocycles. The maximum absolute atomic E-state index is 5.78. The molecule has 0 spiro atoms. The Morgan fingerprint density at radius 1 is 1.17 bits per heavy atom. The lowest BCUT2D eigenvalue weighted by atomic mass is 9.97. The molecule has 0 aliphatic carbocycles. The van der Waals surface area contributed by atoms with Crippen LogP contribution >= 0.6 is 0 Å². The number of nitrogens with one attached hydrogen (secondary N) is 1.